The number of aryl methyl sites for hydroxylation is 1. The number of pyridine rings is 1. The number of piperidine rings is 1. The van der Waals surface area contributed by atoms with Crippen molar-refractivity contribution in [3.63, 3.8) is 0 Å². The summed E-state index contributed by atoms with van der Waals surface area (Å²) in [6, 6.07) is 4.25. The first-order chi connectivity index (χ1) is 19.9. The Morgan fingerprint density at radius 3 is 2.78 bits per heavy atom. The molecule has 1 N–H and O–H groups in total. The Labute approximate surface area is 246 Å². The van der Waals surface area contributed by atoms with Crippen molar-refractivity contribution in [2.75, 3.05) is 57.1 Å². The molecule has 0 radical (unpaired) electrons. The quantitative estimate of drug-likeness (QED) is 0.359. The van der Waals surface area contributed by atoms with E-state index >= 15 is 0 Å². The van der Waals surface area contributed by atoms with Gasteiger partial charge in [0.15, 0.2) is 0 Å². The molecule has 3 saturated heterocycles. The fraction of sp³-hybridized carbons (Fsp3) is 0.567. The minimum absolute atomic E-state index is 0.0146. The summed E-state index contributed by atoms with van der Waals surface area (Å²) in [4.78, 5) is 23.4. The maximum absolute atomic E-state index is 14.0. The predicted molar refractivity (Wildman–Crippen MR) is 161 cm³/mol. The van der Waals surface area contributed by atoms with Gasteiger partial charge in [0.1, 0.15) is 18.0 Å². The van der Waals surface area contributed by atoms with Crippen molar-refractivity contribution in [2.24, 2.45) is 24.0 Å². The average Bonchev–Trinajstić information content (AvgIpc) is 3.49. The van der Waals surface area contributed by atoms with Gasteiger partial charge in [-0.3, -0.25) is 14.6 Å². The zero-order valence-corrected chi connectivity index (χ0v) is 25.3. The van der Waals surface area contributed by atoms with Crippen molar-refractivity contribution in [1.29, 1.82) is 0 Å². The molecule has 2 aromatic heterocycles. The fourth-order valence-corrected chi connectivity index (χ4v) is 7.14. The van der Waals surface area contributed by atoms with E-state index in [9.17, 15) is 4.79 Å². The van der Waals surface area contributed by atoms with Gasteiger partial charge in [-0.15, -0.1) is 22.0 Å². The number of amides is 1. The largest absolute Gasteiger partial charge is 0.379 e. The van der Waals surface area contributed by atoms with Crippen LogP contribution in [-0.2, 0) is 28.4 Å². The molecule has 3 fully saturated rings. The van der Waals surface area contributed by atoms with E-state index in [1.54, 1.807) is 18.1 Å². The van der Waals surface area contributed by atoms with Crippen LogP contribution in [0.15, 0.2) is 51.9 Å². The van der Waals surface area contributed by atoms with Crippen molar-refractivity contribution in [3.8, 4) is 0 Å². The van der Waals surface area contributed by atoms with Crippen LogP contribution in [0.1, 0.15) is 38.1 Å². The molecule has 0 bridgehead atoms. The van der Waals surface area contributed by atoms with Crippen molar-refractivity contribution in [2.45, 2.75) is 43.6 Å². The Bertz CT molecular complexity index is 1390. The third kappa shape index (κ3) is 5.59. The van der Waals surface area contributed by atoms with E-state index in [-0.39, 0.29) is 17.2 Å². The van der Waals surface area contributed by atoms with E-state index in [1.807, 2.05) is 23.6 Å². The zero-order chi connectivity index (χ0) is 28.6. The topological polar surface area (TPSA) is 101 Å². The molecule has 1 aliphatic carbocycles. The number of rotatable bonds is 9. The molecule has 41 heavy (non-hydrogen) atoms. The minimum atomic E-state index is -0.227. The summed E-state index contributed by atoms with van der Waals surface area (Å²) < 4.78 is 7.72. The lowest BCUT2D eigenvalue weighted by atomic mass is 9.76. The zero-order valence-electron chi connectivity index (χ0n) is 24.5. The second-order valence-electron chi connectivity index (χ2n) is 11.8. The second kappa shape index (κ2) is 11.7. The summed E-state index contributed by atoms with van der Waals surface area (Å²) in [5, 5.41) is 14.0. The molecule has 11 heteroatoms. The van der Waals surface area contributed by atoms with E-state index in [4.69, 9.17) is 9.72 Å². The van der Waals surface area contributed by atoms with E-state index in [0.717, 1.165) is 58.7 Å². The van der Waals surface area contributed by atoms with Crippen molar-refractivity contribution in [3.05, 3.63) is 53.1 Å². The first kappa shape index (κ1) is 28.1. The number of nitrogens with one attached hydrogen (secondary N) is 1. The van der Waals surface area contributed by atoms with Crippen LogP contribution in [0.3, 0.4) is 0 Å². The number of anilines is 1. The standard InChI is InChI=1S/C30H40N8O2S/c1-5-41-28-12-22(30(17-40-18-30)13-27-35-32-19-36(27)4)11-26(33-28)38-16-24-23(29(38)39)9-21(10-25(24)34-31-3)15-37-8-6-7-20(2)14-37/h9-12,19-20,24,31H,5-8,13-18H2,1-4H3/t20-,24?/m0/s1. The van der Waals surface area contributed by atoms with Gasteiger partial charge >= 0.3 is 0 Å². The number of hydrogen-bond donors (Lipinski definition) is 1. The average molecular weight is 577 g/mol. The van der Waals surface area contributed by atoms with Gasteiger partial charge in [-0.25, -0.2) is 4.98 Å². The summed E-state index contributed by atoms with van der Waals surface area (Å²) in [5.74, 6) is 3.13. The number of likely N-dealkylation sites (tertiary alicyclic amines) is 1. The summed E-state index contributed by atoms with van der Waals surface area (Å²) in [6.45, 7) is 9.20. The number of nitrogens with zero attached hydrogens (tertiary/aromatic N) is 7. The molecule has 0 saturated carbocycles. The number of carbonyl (C=O) groups excluding carboxylic acids is 1. The van der Waals surface area contributed by atoms with Crippen LogP contribution in [-0.4, -0.2) is 88.5 Å². The highest BCUT2D eigenvalue weighted by Crippen LogP contribution is 2.40. The Hall–Kier alpha value is -3.02. The first-order valence-corrected chi connectivity index (χ1v) is 15.6. The number of ether oxygens (including phenoxy) is 1. The van der Waals surface area contributed by atoms with Gasteiger partial charge in [-0.05, 0) is 66.5 Å². The van der Waals surface area contributed by atoms with Gasteiger partial charge in [-0.1, -0.05) is 13.8 Å². The maximum atomic E-state index is 14.0. The van der Waals surface area contributed by atoms with E-state index in [2.05, 4.69) is 63.8 Å². The molecule has 2 aromatic rings. The van der Waals surface area contributed by atoms with Crippen molar-refractivity contribution < 1.29 is 9.53 Å². The maximum Gasteiger partial charge on any atom is 0.256 e. The Morgan fingerprint density at radius 1 is 1.24 bits per heavy atom. The lowest BCUT2D eigenvalue weighted by molar-refractivity contribution is -0.114. The van der Waals surface area contributed by atoms with Crippen molar-refractivity contribution >= 4 is 29.2 Å². The molecule has 218 valence electrons. The van der Waals surface area contributed by atoms with Gasteiger partial charge in [0.2, 0.25) is 0 Å². The lowest BCUT2D eigenvalue weighted by Gasteiger charge is -2.42. The van der Waals surface area contributed by atoms with Crippen LogP contribution < -0.4 is 10.3 Å². The molecule has 4 aliphatic rings. The van der Waals surface area contributed by atoms with Gasteiger partial charge < -0.3 is 14.7 Å². The Morgan fingerprint density at radius 2 is 2.10 bits per heavy atom. The molecule has 0 aromatic carbocycles. The number of fused-ring (bicyclic) bond motifs is 1. The van der Waals surface area contributed by atoms with Crippen LogP contribution in [0.4, 0.5) is 5.82 Å². The fourth-order valence-electron chi connectivity index (χ4n) is 6.48. The van der Waals surface area contributed by atoms with E-state index in [0.29, 0.717) is 37.9 Å². The van der Waals surface area contributed by atoms with E-state index < -0.39 is 0 Å². The Kier molecular flexibility index (Phi) is 8.02. The SMILES string of the molecule is CCSc1cc(C2(Cc3nncn3C)COC2)cc(N2CC3C(=CC(CN4CCC[C@H](C)C4)=CC3=NNC)C2=O)n1. The van der Waals surface area contributed by atoms with Crippen LogP contribution in [0.2, 0.25) is 0 Å². The van der Waals surface area contributed by atoms with Gasteiger partial charge in [-0.2, -0.15) is 5.10 Å². The van der Waals surface area contributed by atoms with Crippen LogP contribution in [0.5, 0.6) is 0 Å². The number of thioether (sulfide) groups is 1. The predicted octanol–water partition coefficient (Wildman–Crippen LogP) is 2.97. The minimum Gasteiger partial charge on any atom is -0.379 e. The third-order valence-electron chi connectivity index (χ3n) is 8.68. The molecule has 1 amide bonds. The summed E-state index contributed by atoms with van der Waals surface area (Å²) in [5.41, 5.74) is 6.74. The van der Waals surface area contributed by atoms with Crippen LogP contribution >= 0.6 is 11.8 Å². The molecule has 2 atom stereocenters. The summed E-state index contributed by atoms with van der Waals surface area (Å²) >= 11 is 1.69. The van der Waals surface area contributed by atoms with Gasteiger partial charge in [0.25, 0.3) is 5.91 Å². The molecule has 10 nitrogen and oxygen atoms in total. The number of hydrazone groups is 1. The number of carbonyl (C=O) groups is 1. The lowest BCUT2D eigenvalue weighted by Crippen LogP contribution is -2.49. The monoisotopic (exact) mass is 576 g/mol. The molecular weight excluding hydrogens is 536 g/mol. The smallest absolute Gasteiger partial charge is 0.256 e. The Balaban J connectivity index is 1.31. The van der Waals surface area contributed by atoms with Crippen molar-refractivity contribution in [1.82, 2.24) is 30.1 Å². The molecule has 1 unspecified atom stereocenters. The molecule has 5 heterocycles. The second-order valence-corrected chi connectivity index (χ2v) is 13.1. The summed E-state index contributed by atoms with van der Waals surface area (Å²) in [6.07, 6.45) is 9.24. The number of aromatic nitrogens is 4. The third-order valence-corrected chi connectivity index (χ3v) is 9.47. The van der Waals surface area contributed by atoms with Crippen LogP contribution in [0, 0.1) is 11.8 Å². The molecule has 0 spiro atoms. The number of allylic oxidation sites excluding steroid dienone is 1. The van der Waals surface area contributed by atoms with Gasteiger partial charge in [0.05, 0.1) is 29.9 Å². The first-order valence-electron chi connectivity index (χ1n) is 14.7. The normalized spacial score (nSPS) is 25.1. The molecular formula is C30H40N8O2S. The molecule has 6 rings (SSSR count). The highest BCUT2D eigenvalue weighted by molar-refractivity contribution is 7.99. The number of hydrogen-bond acceptors (Lipinski definition) is 9. The van der Waals surface area contributed by atoms with Gasteiger partial charge in [0, 0.05) is 51.1 Å². The summed E-state index contributed by atoms with van der Waals surface area (Å²) in [7, 11) is 3.78. The van der Waals surface area contributed by atoms with E-state index in [1.165, 1.54) is 12.8 Å². The van der Waals surface area contributed by atoms with Crippen LogP contribution in [0.25, 0.3) is 0 Å². The highest BCUT2D eigenvalue weighted by atomic mass is 32.2. The highest BCUT2D eigenvalue weighted by Gasteiger charge is 2.44. The molecule has 3 aliphatic heterocycles.